The summed E-state index contributed by atoms with van der Waals surface area (Å²) in [6, 6.07) is 0. The van der Waals surface area contributed by atoms with Crippen LogP contribution in [0.4, 0.5) is 0 Å². The molecule has 2 nitrogen and oxygen atoms in total. The molecule has 0 aliphatic heterocycles. The molecule has 48 valence electrons. The van der Waals surface area contributed by atoms with E-state index in [1.807, 2.05) is 0 Å². The Morgan fingerprint density at radius 3 is 2.50 bits per heavy atom. The molecule has 0 amide bonds. The largest absolute Gasteiger partial charge is 0.396 e. The predicted molar refractivity (Wildman–Crippen MR) is 33.4 cm³/mol. The van der Waals surface area contributed by atoms with E-state index in [9.17, 15) is 4.57 Å². The van der Waals surface area contributed by atoms with Crippen LogP contribution in [-0.4, -0.2) is 17.9 Å². The second-order valence-corrected chi connectivity index (χ2v) is 2.34. The minimum Gasteiger partial charge on any atom is -0.396 e. The third kappa shape index (κ3) is 6.06. The summed E-state index contributed by atoms with van der Waals surface area (Å²) in [7, 11) is 0.229. The van der Waals surface area contributed by atoms with Gasteiger partial charge in [-0.2, -0.15) is 0 Å². The Balaban J connectivity index is 2.62. The lowest BCUT2D eigenvalue weighted by atomic mass is 10.3. The molecule has 0 aromatic rings. The van der Waals surface area contributed by atoms with Gasteiger partial charge in [0.25, 0.3) is 0 Å². The van der Waals surface area contributed by atoms with Crippen LogP contribution in [0.3, 0.4) is 0 Å². The zero-order valence-corrected chi connectivity index (χ0v) is 5.73. The molecule has 0 heterocycles. The normalized spacial score (nSPS) is 10.1. The van der Waals surface area contributed by atoms with E-state index in [0.29, 0.717) is 0 Å². The minimum atomic E-state index is 0.229. The molecule has 0 saturated carbocycles. The topological polar surface area (TPSA) is 37.3 Å². The van der Waals surface area contributed by atoms with Crippen molar-refractivity contribution in [3.8, 4) is 0 Å². The summed E-state index contributed by atoms with van der Waals surface area (Å²) in [4.78, 5) is 0. The molecule has 0 unspecified atom stereocenters. The van der Waals surface area contributed by atoms with Crippen molar-refractivity contribution in [1.29, 1.82) is 0 Å². The number of aliphatic hydroxyl groups excluding tert-OH is 1. The molecule has 0 atom stereocenters. The van der Waals surface area contributed by atoms with Crippen molar-refractivity contribution in [2.45, 2.75) is 19.3 Å². The van der Waals surface area contributed by atoms with Crippen molar-refractivity contribution in [2.24, 2.45) is 0 Å². The molecule has 0 bridgehead atoms. The fraction of sp³-hybridized carbons (Fsp3) is 1.00. The lowest BCUT2D eigenvalue weighted by Crippen LogP contribution is -1.82. The average molecular weight is 134 g/mol. The molecule has 0 fully saturated rings. The monoisotopic (exact) mass is 134 g/mol. The first kappa shape index (κ1) is 8.06. The standard InChI is InChI=1S/C5H11O2P/c6-4-2-1-3-5-8-7/h6H,1-5H2. The first-order chi connectivity index (χ1) is 3.91. The number of rotatable bonds is 5. The Kier molecular flexibility index (Phi) is 7.11. The molecule has 1 N–H and O–H groups in total. The van der Waals surface area contributed by atoms with E-state index in [-0.39, 0.29) is 15.1 Å². The van der Waals surface area contributed by atoms with Gasteiger partial charge in [-0.3, -0.25) is 4.57 Å². The molecule has 0 aromatic carbocycles. The van der Waals surface area contributed by atoms with Crippen LogP contribution in [0.25, 0.3) is 0 Å². The van der Waals surface area contributed by atoms with Crippen LogP contribution in [0.1, 0.15) is 19.3 Å². The summed E-state index contributed by atoms with van der Waals surface area (Å²) in [5.74, 6) is 0. The van der Waals surface area contributed by atoms with Crippen LogP contribution in [0, 0.1) is 0 Å². The fourth-order valence-corrected chi connectivity index (χ4v) is 0.818. The summed E-state index contributed by atoms with van der Waals surface area (Å²) >= 11 is 0. The maximum absolute atomic E-state index is 9.80. The Labute approximate surface area is 51.1 Å². The van der Waals surface area contributed by atoms with Gasteiger partial charge in [-0.05, 0) is 12.8 Å². The van der Waals surface area contributed by atoms with E-state index >= 15 is 0 Å². The van der Waals surface area contributed by atoms with Gasteiger partial charge in [0.15, 0.2) is 8.46 Å². The van der Waals surface area contributed by atoms with Gasteiger partial charge in [-0.15, -0.1) is 0 Å². The molecule has 0 saturated heterocycles. The molecule has 0 spiro atoms. The summed E-state index contributed by atoms with van der Waals surface area (Å²) < 4.78 is 9.80. The highest BCUT2D eigenvalue weighted by molar-refractivity contribution is 7.23. The van der Waals surface area contributed by atoms with Gasteiger partial charge in [0.05, 0.1) is 0 Å². The van der Waals surface area contributed by atoms with E-state index < -0.39 is 0 Å². The number of hydrogen-bond acceptors (Lipinski definition) is 2. The van der Waals surface area contributed by atoms with Crippen LogP contribution in [0.5, 0.6) is 0 Å². The highest BCUT2D eigenvalue weighted by atomic mass is 31.1. The maximum Gasteiger partial charge on any atom is 0.155 e. The van der Waals surface area contributed by atoms with Gasteiger partial charge in [-0.25, -0.2) is 0 Å². The summed E-state index contributed by atoms with van der Waals surface area (Å²) in [6.45, 7) is 0.260. The average Bonchev–Trinajstić information content (AvgIpc) is 1.81. The summed E-state index contributed by atoms with van der Waals surface area (Å²) in [6.07, 6.45) is 3.53. The molecule has 8 heavy (non-hydrogen) atoms. The third-order valence-electron chi connectivity index (χ3n) is 0.908. The van der Waals surface area contributed by atoms with Crippen molar-refractivity contribution in [3.63, 3.8) is 0 Å². The minimum absolute atomic E-state index is 0.229. The maximum atomic E-state index is 9.80. The fourth-order valence-electron chi connectivity index (χ4n) is 0.465. The highest BCUT2D eigenvalue weighted by Gasteiger charge is 1.84. The lowest BCUT2D eigenvalue weighted by molar-refractivity contribution is 0.284. The smallest absolute Gasteiger partial charge is 0.155 e. The van der Waals surface area contributed by atoms with Crippen molar-refractivity contribution in [2.75, 3.05) is 12.8 Å². The number of aliphatic hydroxyl groups is 1. The van der Waals surface area contributed by atoms with Gasteiger partial charge < -0.3 is 5.11 Å². The van der Waals surface area contributed by atoms with Crippen molar-refractivity contribution < 1.29 is 9.67 Å². The molecule has 0 aliphatic carbocycles. The van der Waals surface area contributed by atoms with Crippen LogP contribution in [-0.2, 0) is 4.57 Å². The van der Waals surface area contributed by atoms with Gasteiger partial charge in [0, 0.05) is 12.8 Å². The zero-order valence-electron chi connectivity index (χ0n) is 4.84. The van der Waals surface area contributed by atoms with Gasteiger partial charge >= 0.3 is 0 Å². The Morgan fingerprint density at radius 1 is 1.25 bits per heavy atom. The Morgan fingerprint density at radius 2 is 2.00 bits per heavy atom. The zero-order chi connectivity index (χ0) is 6.24. The van der Waals surface area contributed by atoms with E-state index in [2.05, 4.69) is 0 Å². The van der Waals surface area contributed by atoms with Crippen molar-refractivity contribution >= 4 is 8.46 Å². The summed E-state index contributed by atoms with van der Waals surface area (Å²) in [5, 5.41) is 8.29. The van der Waals surface area contributed by atoms with Gasteiger partial charge in [-0.1, -0.05) is 6.42 Å². The Bertz CT molecular complexity index is 56.4. The Hall–Kier alpha value is 0.0600. The van der Waals surface area contributed by atoms with Gasteiger partial charge in [0.1, 0.15) is 0 Å². The first-order valence-corrected chi connectivity index (χ1v) is 3.81. The van der Waals surface area contributed by atoms with Crippen molar-refractivity contribution in [3.05, 3.63) is 0 Å². The number of hydrogen-bond donors (Lipinski definition) is 1. The van der Waals surface area contributed by atoms with Gasteiger partial charge in [0.2, 0.25) is 0 Å². The highest BCUT2D eigenvalue weighted by Crippen LogP contribution is 2.00. The SMILES string of the molecule is O=PCCCCCO. The molecule has 3 heteroatoms. The second-order valence-electron chi connectivity index (χ2n) is 1.64. The van der Waals surface area contributed by atoms with E-state index in [0.717, 1.165) is 25.4 Å². The number of unbranched alkanes of at least 4 members (excludes halogenated alkanes) is 2. The first-order valence-electron chi connectivity index (χ1n) is 2.82. The van der Waals surface area contributed by atoms with Crippen LogP contribution in [0.15, 0.2) is 0 Å². The molecule has 0 radical (unpaired) electrons. The quantitative estimate of drug-likeness (QED) is 0.456. The predicted octanol–water partition coefficient (Wildman–Crippen LogP) is 1.44. The molecular formula is C5H11O2P. The molecular weight excluding hydrogens is 123 g/mol. The van der Waals surface area contributed by atoms with Crippen molar-refractivity contribution in [1.82, 2.24) is 0 Å². The summed E-state index contributed by atoms with van der Waals surface area (Å²) in [5.41, 5.74) is 0. The molecule has 0 aromatic heterocycles. The van der Waals surface area contributed by atoms with Crippen LogP contribution in [0.2, 0.25) is 0 Å². The lowest BCUT2D eigenvalue weighted by Gasteiger charge is -1.89. The van der Waals surface area contributed by atoms with E-state index in [1.54, 1.807) is 0 Å². The molecule has 0 rings (SSSR count). The molecule has 0 aliphatic rings. The van der Waals surface area contributed by atoms with Crippen LogP contribution >= 0.6 is 8.46 Å². The third-order valence-corrected chi connectivity index (χ3v) is 1.41. The van der Waals surface area contributed by atoms with Crippen LogP contribution < -0.4 is 0 Å². The van der Waals surface area contributed by atoms with E-state index in [1.165, 1.54) is 0 Å². The van der Waals surface area contributed by atoms with E-state index in [4.69, 9.17) is 5.11 Å². The second kappa shape index (κ2) is 7.06.